The van der Waals surface area contributed by atoms with Crippen molar-refractivity contribution < 1.29 is 14.6 Å². The van der Waals surface area contributed by atoms with Crippen LogP contribution in [0.3, 0.4) is 0 Å². The summed E-state index contributed by atoms with van der Waals surface area (Å²) in [5.74, 6) is -0.198. The van der Waals surface area contributed by atoms with Gasteiger partial charge in [0.25, 0.3) is 0 Å². The van der Waals surface area contributed by atoms with Crippen LogP contribution < -0.4 is 15.8 Å². The van der Waals surface area contributed by atoms with Crippen molar-refractivity contribution in [3.8, 4) is 5.75 Å². The van der Waals surface area contributed by atoms with Crippen LogP contribution in [0, 0.1) is 0 Å². The average Bonchev–Trinajstić information content (AvgIpc) is 2.43. The Morgan fingerprint density at radius 2 is 1.95 bits per heavy atom. The molecule has 0 aliphatic carbocycles. The predicted octanol–water partition coefficient (Wildman–Crippen LogP) is 3.11. The Kier molecular flexibility index (Phi) is 4.10. The molecule has 2 aromatic carbocycles. The lowest BCUT2D eigenvalue weighted by Gasteiger charge is -2.11. The molecule has 5 heteroatoms. The molecular weight excluding hydrogens is 256 g/mol. The zero-order chi connectivity index (χ0) is 14.5. The van der Waals surface area contributed by atoms with Gasteiger partial charge in [-0.15, -0.1) is 0 Å². The van der Waals surface area contributed by atoms with E-state index in [1.54, 1.807) is 6.07 Å². The van der Waals surface area contributed by atoms with Gasteiger partial charge in [-0.05, 0) is 49.4 Å². The van der Waals surface area contributed by atoms with Crippen molar-refractivity contribution in [2.24, 2.45) is 0 Å². The van der Waals surface area contributed by atoms with Gasteiger partial charge in [0.1, 0.15) is 5.75 Å². The summed E-state index contributed by atoms with van der Waals surface area (Å²) >= 11 is 0. The number of carboxylic acids is 1. The predicted molar refractivity (Wildman–Crippen MR) is 78.7 cm³/mol. The Labute approximate surface area is 117 Å². The SMILES string of the molecule is CCOc1ccc(Nc2ccc(C(=O)O)cc2N)cc1. The summed E-state index contributed by atoms with van der Waals surface area (Å²) in [6.45, 7) is 2.55. The number of benzene rings is 2. The number of anilines is 3. The van der Waals surface area contributed by atoms with Crippen molar-refractivity contribution in [2.45, 2.75) is 6.92 Å². The van der Waals surface area contributed by atoms with E-state index in [4.69, 9.17) is 15.6 Å². The maximum absolute atomic E-state index is 10.8. The van der Waals surface area contributed by atoms with E-state index in [1.807, 2.05) is 31.2 Å². The first-order valence-corrected chi connectivity index (χ1v) is 6.23. The highest BCUT2D eigenvalue weighted by atomic mass is 16.5. The number of carbonyl (C=O) groups is 1. The molecule has 0 bridgehead atoms. The van der Waals surface area contributed by atoms with Crippen molar-refractivity contribution in [1.29, 1.82) is 0 Å². The zero-order valence-corrected chi connectivity index (χ0v) is 11.1. The molecule has 0 unspecified atom stereocenters. The Hall–Kier alpha value is -2.69. The number of nitrogens with two attached hydrogens (primary N) is 1. The van der Waals surface area contributed by atoms with Crippen LogP contribution in [0.5, 0.6) is 5.75 Å². The molecule has 2 rings (SSSR count). The fraction of sp³-hybridized carbons (Fsp3) is 0.133. The minimum Gasteiger partial charge on any atom is -0.494 e. The van der Waals surface area contributed by atoms with Crippen molar-refractivity contribution >= 4 is 23.0 Å². The fourth-order valence-corrected chi connectivity index (χ4v) is 1.77. The lowest BCUT2D eigenvalue weighted by molar-refractivity contribution is 0.0697. The van der Waals surface area contributed by atoms with E-state index in [0.717, 1.165) is 11.4 Å². The lowest BCUT2D eigenvalue weighted by Crippen LogP contribution is -2.01. The van der Waals surface area contributed by atoms with Crippen LogP contribution in [-0.2, 0) is 0 Å². The molecule has 0 aromatic heterocycles. The average molecular weight is 272 g/mol. The number of hydrogen-bond donors (Lipinski definition) is 3. The highest BCUT2D eigenvalue weighted by Gasteiger charge is 2.06. The van der Waals surface area contributed by atoms with Gasteiger partial charge in [0.05, 0.1) is 23.5 Å². The second kappa shape index (κ2) is 5.97. The van der Waals surface area contributed by atoms with Crippen LogP contribution in [0.2, 0.25) is 0 Å². The molecule has 5 nitrogen and oxygen atoms in total. The summed E-state index contributed by atoms with van der Waals surface area (Å²) in [5.41, 5.74) is 7.90. The number of aromatic carboxylic acids is 1. The van der Waals surface area contributed by atoms with Gasteiger partial charge < -0.3 is 20.9 Å². The molecule has 0 radical (unpaired) electrons. The highest BCUT2D eigenvalue weighted by Crippen LogP contribution is 2.25. The largest absolute Gasteiger partial charge is 0.494 e. The van der Waals surface area contributed by atoms with Gasteiger partial charge >= 0.3 is 5.97 Å². The third kappa shape index (κ3) is 3.20. The summed E-state index contributed by atoms with van der Waals surface area (Å²) in [4.78, 5) is 10.8. The van der Waals surface area contributed by atoms with Crippen LogP contribution >= 0.6 is 0 Å². The summed E-state index contributed by atoms with van der Waals surface area (Å²) < 4.78 is 5.36. The first kappa shape index (κ1) is 13.7. The first-order chi connectivity index (χ1) is 9.60. The van der Waals surface area contributed by atoms with Crippen LogP contribution in [0.1, 0.15) is 17.3 Å². The molecule has 0 spiro atoms. The van der Waals surface area contributed by atoms with Crippen LogP contribution in [0.15, 0.2) is 42.5 Å². The number of rotatable bonds is 5. The minimum absolute atomic E-state index is 0.166. The molecular formula is C15H16N2O3. The normalized spacial score (nSPS) is 10.1. The summed E-state index contributed by atoms with van der Waals surface area (Å²) in [5, 5.41) is 12.0. The molecule has 0 heterocycles. The lowest BCUT2D eigenvalue weighted by atomic mass is 10.1. The molecule has 4 N–H and O–H groups in total. The third-order valence-corrected chi connectivity index (χ3v) is 2.74. The topological polar surface area (TPSA) is 84.6 Å². The van der Waals surface area contributed by atoms with E-state index in [0.29, 0.717) is 18.0 Å². The van der Waals surface area contributed by atoms with Gasteiger partial charge in [0, 0.05) is 5.69 Å². The second-order valence-electron chi connectivity index (χ2n) is 4.19. The van der Waals surface area contributed by atoms with Gasteiger partial charge in [0.2, 0.25) is 0 Å². The third-order valence-electron chi connectivity index (χ3n) is 2.74. The molecule has 0 amide bonds. The number of nitrogens with one attached hydrogen (secondary N) is 1. The van der Waals surface area contributed by atoms with Crippen molar-refractivity contribution in [2.75, 3.05) is 17.7 Å². The van der Waals surface area contributed by atoms with E-state index in [2.05, 4.69) is 5.32 Å². The van der Waals surface area contributed by atoms with Gasteiger partial charge in [0.15, 0.2) is 0 Å². The molecule has 0 atom stereocenters. The monoisotopic (exact) mass is 272 g/mol. The van der Waals surface area contributed by atoms with Crippen LogP contribution in [0.25, 0.3) is 0 Å². The quantitative estimate of drug-likeness (QED) is 0.728. The van der Waals surface area contributed by atoms with Crippen molar-refractivity contribution in [3.63, 3.8) is 0 Å². The molecule has 104 valence electrons. The van der Waals surface area contributed by atoms with Gasteiger partial charge in [-0.2, -0.15) is 0 Å². The minimum atomic E-state index is -0.996. The maximum Gasteiger partial charge on any atom is 0.335 e. The van der Waals surface area contributed by atoms with Crippen molar-refractivity contribution in [3.05, 3.63) is 48.0 Å². The number of ether oxygens (including phenoxy) is 1. The Balaban J connectivity index is 2.15. The highest BCUT2D eigenvalue weighted by molar-refractivity contribution is 5.90. The smallest absolute Gasteiger partial charge is 0.335 e. The molecule has 0 saturated carbocycles. The van der Waals surface area contributed by atoms with E-state index in [9.17, 15) is 4.79 Å². The number of nitrogen functional groups attached to an aromatic ring is 1. The molecule has 0 aliphatic heterocycles. The molecule has 0 aliphatic rings. The van der Waals surface area contributed by atoms with Gasteiger partial charge in [-0.1, -0.05) is 0 Å². The Morgan fingerprint density at radius 1 is 1.25 bits per heavy atom. The van der Waals surface area contributed by atoms with E-state index >= 15 is 0 Å². The van der Waals surface area contributed by atoms with Crippen LogP contribution in [0.4, 0.5) is 17.1 Å². The van der Waals surface area contributed by atoms with Crippen molar-refractivity contribution in [1.82, 2.24) is 0 Å². The Bertz CT molecular complexity index is 609. The molecule has 20 heavy (non-hydrogen) atoms. The van der Waals surface area contributed by atoms with Gasteiger partial charge in [-0.25, -0.2) is 4.79 Å². The standard InChI is InChI=1S/C15H16N2O3/c1-2-20-12-6-4-11(5-7-12)17-14-8-3-10(15(18)19)9-13(14)16/h3-9,17H,2,16H2,1H3,(H,18,19). The second-order valence-corrected chi connectivity index (χ2v) is 4.19. The van der Waals surface area contributed by atoms with Crippen LogP contribution in [-0.4, -0.2) is 17.7 Å². The molecule has 0 fully saturated rings. The fourth-order valence-electron chi connectivity index (χ4n) is 1.77. The van der Waals surface area contributed by atoms with E-state index < -0.39 is 5.97 Å². The van der Waals surface area contributed by atoms with Gasteiger partial charge in [-0.3, -0.25) is 0 Å². The maximum atomic E-state index is 10.8. The van der Waals surface area contributed by atoms with E-state index in [1.165, 1.54) is 12.1 Å². The molecule has 0 saturated heterocycles. The number of carboxylic acid groups (broad SMARTS) is 1. The zero-order valence-electron chi connectivity index (χ0n) is 11.1. The summed E-state index contributed by atoms with van der Waals surface area (Å²) in [6.07, 6.45) is 0. The number of hydrogen-bond acceptors (Lipinski definition) is 4. The first-order valence-electron chi connectivity index (χ1n) is 6.23. The molecule has 2 aromatic rings. The summed E-state index contributed by atoms with van der Waals surface area (Å²) in [6, 6.07) is 12.0. The van der Waals surface area contributed by atoms with E-state index in [-0.39, 0.29) is 5.56 Å². The Morgan fingerprint density at radius 3 is 2.50 bits per heavy atom. The summed E-state index contributed by atoms with van der Waals surface area (Å²) in [7, 11) is 0.